The SMILES string of the molecule is COc1cc(C=C2NC(=S)N(c3ccc(Cl)cc3)C2=O)ccc1OCc1ccccc1. The Kier molecular flexibility index (Phi) is 6.21. The molecule has 7 heteroatoms. The Morgan fingerprint density at radius 2 is 1.77 bits per heavy atom. The molecule has 1 fully saturated rings. The molecule has 3 aromatic rings. The van der Waals surface area contributed by atoms with E-state index in [0.29, 0.717) is 39.6 Å². The maximum absolute atomic E-state index is 12.9. The van der Waals surface area contributed by atoms with Crippen molar-refractivity contribution in [2.75, 3.05) is 12.0 Å². The Bertz CT molecular complexity index is 1150. The van der Waals surface area contributed by atoms with Gasteiger partial charge < -0.3 is 14.8 Å². The smallest absolute Gasteiger partial charge is 0.281 e. The first-order valence-electron chi connectivity index (χ1n) is 9.52. The van der Waals surface area contributed by atoms with E-state index in [0.717, 1.165) is 11.1 Å². The average Bonchev–Trinajstić information content (AvgIpc) is 3.07. The minimum absolute atomic E-state index is 0.240. The number of carbonyl (C=O) groups excluding carboxylic acids is 1. The number of anilines is 1. The minimum Gasteiger partial charge on any atom is -0.493 e. The van der Waals surface area contributed by atoms with Crippen LogP contribution in [0.15, 0.2) is 78.5 Å². The fourth-order valence-corrected chi connectivity index (χ4v) is 3.58. The summed E-state index contributed by atoms with van der Waals surface area (Å²) in [6.45, 7) is 0.433. The van der Waals surface area contributed by atoms with Crippen LogP contribution in [0.25, 0.3) is 6.08 Å². The van der Waals surface area contributed by atoms with Crippen LogP contribution < -0.4 is 19.7 Å². The Morgan fingerprint density at radius 3 is 2.48 bits per heavy atom. The number of carbonyl (C=O) groups is 1. The largest absolute Gasteiger partial charge is 0.493 e. The quantitative estimate of drug-likeness (QED) is 0.413. The van der Waals surface area contributed by atoms with E-state index in [1.54, 1.807) is 37.5 Å². The molecule has 156 valence electrons. The van der Waals surface area contributed by atoms with Gasteiger partial charge in [0.05, 0.1) is 12.8 Å². The van der Waals surface area contributed by atoms with Crippen molar-refractivity contribution >= 4 is 46.6 Å². The lowest BCUT2D eigenvalue weighted by Gasteiger charge is -2.13. The molecule has 0 spiro atoms. The number of amides is 1. The summed E-state index contributed by atoms with van der Waals surface area (Å²) in [5.74, 6) is 0.959. The third-order valence-electron chi connectivity index (χ3n) is 4.70. The Morgan fingerprint density at radius 1 is 1.03 bits per heavy atom. The molecule has 3 aromatic carbocycles. The van der Waals surface area contributed by atoms with Crippen LogP contribution in [-0.2, 0) is 11.4 Å². The van der Waals surface area contributed by atoms with Crippen molar-refractivity contribution in [1.29, 1.82) is 0 Å². The summed E-state index contributed by atoms with van der Waals surface area (Å²) in [5, 5.41) is 3.88. The van der Waals surface area contributed by atoms with E-state index >= 15 is 0 Å². The van der Waals surface area contributed by atoms with Gasteiger partial charge in [-0.15, -0.1) is 0 Å². The molecule has 0 unspecified atom stereocenters. The standard InChI is InChI=1S/C24H19ClN2O3S/c1-29-22-14-17(7-12-21(22)30-15-16-5-3-2-4-6-16)13-20-23(28)27(24(31)26-20)19-10-8-18(25)9-11-19/h2-14H,15H2,1H3,(H,26,31). The summed E-state index contributed by atoms with van der Waals surface area (Å²) < 4.78 is 11.4. The second kappa shape index (κ2) is 9.20. The van der Waals surface area contributed by atoms with E-state index in [1.807, 2.05) is 48.5 Å². The molecule has 5 nitrogen and oxygen atoms in total. The highest BCUT2D eigenvalue weighted by atomic mass is 35.5. The number of thiocarbonyl (C=S) groups is 1. The average molecular weight is 451 g/mol. The van der Waals surface area contributed by atoms with Gasteiger partial charge in [0.15, 0.2) is 16.6 Å². The van der Waals surface area contributed by atoms with Gasteiger partial charge in [0.1, 0.15) is 12.3 Å². The molecule has 1 saturated heterocycles. The van der Waals surface area contributed by atoms with Gasteiger partial charge in [0.25, 0.3) is 5.91 Å². The molecule has 1 heterocycles. The molecule has 4 rings (SSSR count). The normalized spacial score (nSPS) is 14.6. The molecule has 0 radical (unpaired) electrons. The molecular weight excluding hydrogens is 432 g/mol. The number of rotatable bonds is 6. The zero-order chi connectivity index (χ0) is 21.8. The van der Waals surface area contributed by atoms with E-state index in [9.17, 15) is 4.79 Å². The summed E-state index contributed by atoms with van der Waals surface area (Å²) in [4.78, 5) is 14.3. The summed E-state index contributed by atoms with van der Waals surface area (Å²) in [6.07, 6.45) is 1.73. The van der Waals surface area contributed by atoms with Gasteiger partial charge in [-0.3, -0.25) is 9.69 Å². The molecule has 1 amide bonds. The van der Waals surface area contributed by atoms with Crippen molar-refractivity contribution in [3.05, 3.63) is 94.6 Å². The van der Waals surface area contributed by atoms with Crippen molar-refractivity contribution < 1.29 is 14.3 Å². The zero-order valence-electron chi connectivity index (χ0n) is 16.7. The van der Waals surface area contributed by atoms with E-state index in [-0.39, 0.29) is 5.91 Å². The lowest BCUT2D eigenvalue weighted by Crippen LogP contribution is -2.30. The van der Waals surface area contributed by atoms with Crippen LogP contribution in [-0.4, -0.2) is 18.1 Å². The van der Waals surface area contributed by atoms with Crippen molar-refractivity contribution in [3.8, 4) is 11.5 Å². The third-order valence-corrected chi connectivity index (χ3v) is 5.24. The van der Waals surface area contributed by atoms with Crippen LogP contribution in [0.2, 0.25) is 5.02 Å². The van der Waals surface area contributed by atoms with Gasteiger partial charge in [-0.05, 0) is 65.8 Å². The van der Waals surface area contributed by atoms with Crippen LogP contribution in [0, 0.1) is 0 Å². The second-order valence-corrected chi connectivity index (χ2v) is 7.61. The third kappa shape index (κ3) is 4.71. The first kappa shape index (κ1) is 20.9. The number of benzene rings is 3. The number of nitrogens with zero attached hydrogens (tertiary/aromatic N) is 1. The number of nitrogens with one attached hydrogen (secondary N) is 1. The van der Waals surface area contributed by atoms with E-state index < -0.39 is 0 Å². The van der Waals surface area contributed by atoms with Crippen molar-refractivity contribution in [3.63, 3.8) is 0 Å². The van der Waals surface area contributed by atoms with Gasteiger partial charge in [0, 0.05) is 5.02 Å². The monoisotopic (exact) mass is 450 g/mol. The Labute approximate surface area is 190 Å². The molecule has 0 atom stereocenters. The molecule has 0 bridgehead atoms. The highest BCUT2D eigenvalue weighted by molar-refractivity contribution is 7.80. The zero-order valence-corrected chi connectivity index (χ0v) is 18.2. The molecule has 31 heavy (non-hydrogen) atoms. The van der Waals surface area contributed by atoms with Gasteiger partial charge in [-0.1, -0.05) is 48.0 Å². The first-order chi connectivity index (χ1) is 15.0. The van der Waals surface area contributed by atoms with Crippen molar-refractivity contribution in [2.45, 2.75) is 6.61 Å². The fraction of sp³-hybridized carbons (Fsp3) is 0.0833. The molecule has 0 aliphatic carbocycles. The summed E-state index contributed by atoms with van der Waals surface area (Å²) in [7, 11) is 1.58. The fourth-order valence-electron chi connectivity index (χ4n) is 3.15. The Balaban J connectivity index is 1.53. The summed E-state index contributed by atoms with van der Waals surface area (Å²) >= 11 is 11.3. The van der Waals surface area contributed by atoms with Gasteiger partial charge in [-0.2, -0.15) is 0 Å². The minimum atomic E-state index is -0.240. The number of hydrogen-bond donors (Lipinski definition) is 1. The van der Waals surface area contributed by atoms with Gasteiger partial charge >= 0.3 is 0 Å². The first-order valence-corrected chi connectivity index (χ1v) is 10.3. The molecule has 0 aromatic heterocycles. The number of hydrogen-bond acceptors (Lipinski definition) is 4. The number of ether oxygens (including phenoxy) is 2. The van der Waals surface area contributed by atoms with Gasteiger partial charge in [0.2, 0.25) is 0 Å². The maximum atomic E-state index is 12.9. The molecular formula is C24H19ClN2O3S. The second-order valence-electron chi connectivity index (χ2n) is 6.79. The molecule has 1 aliphatic heterocycles. The van der Waals surface area contributed by atoms with Crippen LogP contribution in [0.1, 0.15) is 11.1 Å². The number of methoxy groups -OCH3 is 1. The number of halogens is 1. The van der Waals surface area contributed by atoms with Crippen molar-refractivity contribution in [2.24, 2.45) is 0 Å². The molecule has 1 aliphatic rings. The Hall–Kier alpha value is -3.35. The highest BCUT2D eigenvalue weighted by Gasteiger charge is 2.31. The lowest BCUT2D eigenvalue weighted by molar-refractivity contribution is -0.113. The summed E-state index contributed by atoms with van der Waals surface area (Å²) in [5.41, 5.74) is 2.87. The van der Waals surface area contributed by atoms with E-state index in [1.165, 1.54) is 4.90 Å². The molecule has 0 saturated carbocycles. The summed E-state index contributed by atoms with van der Waals surface area (Å²) in [6, 6.07) is 22.3. The van der Waals surface area contributed by atoms with Gasteiger partial charge in [-0.25, -0.2) is 0 Å². The highest BCUT2D eigenvalue weighted by Crippen LogP contribution is 2.30. The topological polar surface area (TPSA) is 50.8 Å². The predicted molar refractivity (Wildman–Crippen MR) is 126 cm³/mol. The van der Waals surface area contributed by atoms with E-state index in [4.69, 9.17) is 33.3 Å². The lowest BCUT2D eigenvalue weighted by atomic mass is 10.1. The predicted octanol–water partition coefficient (Wildman–Crippen LogP) is 5.19. The molecule has 1 N–H and O–H groups in total. The van der Waals surface area contributed by atoms with Crippen LogP contribution in [0.3, 0.4) is 0 Å². The van der Waals surface area contributed by atoms with Crippen LogP contribution in [0.4, 0.5) is 5.69 Å². The van der Waals surface area contributed by atoms with Crippen LogP contribution in [0.5, 0.6) is 11.5 Å². The van der Waals surface area contributed by atoms with E-state index in [2.05, 4.69) is 5.32 Å². The van der Waals surface area contributed by atoms with Crippen LogP contribution >= 0.6 is 23.8 Å². The maximum Gasteiger partial charge on any atom is 0.281 e. The van der Waals surface area contributed by atoms with Crippen molar-refractivity contribution in [1.82, 2.24) is 5.32 Å².